The Labute approximate surface area is 248 Å². The molecule has 3 rings (SSSR count). The van der Waals surface area contributed by atoms with Crippen LogP contribution < -0.4 is 9.64 Å². The number of alkyl halides is 2. The zero-order valence-electron chi connectivity index (χ0n) is 24.9. The van der Waals surface area contributed by atoms with Crippen LogP contribution in [0.25, 0.3) is 11.1 Å². The van der Waals surface area contributed by atoms with E-state index in [1.165, 1.54) is 64.3 Å². The van der Waals surface area contributed by atoms with Crippen molar-refractivity contribution in [1.82, 2.24) is 0 Å². The van der Waals surface area contributed by atoms with E-state index >= 15 is 8.78 Å². The molecular formula is C33H42F2NO5P. The minimum absolute atomic E-state index is 0.185. The minimum Gasteiger partial charge on any atom is -0.494 e. The van der Waals surface area contributed by atoms with Crippen molar-refractivity contribution in [3.05, 3.63) is 83.9 Å². The Balaban J connectivity index is 1.68. The van der Waals surface area contributed by atoms with Gasteiger partial charge in [0.2, 0.25) is 0 Å². The predicted octanol–water partition coefficient (Wildman–Crippen LogP) is 9.42. The normalized spacial score (nSPS) is 13.8. The number of halogens is 2. The van der Waals surface area contributed by atoms with Gasteiger partial charge in [-0.25, -0.2) is 0 Å². The quantitative estimate of drug-likeness (QED) is 0.131. The van der Waals surface area contributed by atoms with Crippen LogP contribution in [0, 0.1) is 0 Å². The van der Waals surface area contributed by atoms with Gasteiger partial charge in [-0.3, -0.25) is 9.36 Å². The van der Waals surface area contributed by atoms with E-state index in [2.05, 4.69) is 6.92 Å². The lowest BCUT2D eigenvalue weighted by Crippen LogP contribution is -2.29. The molecule has 0 saturated carbocycles. The topological polar surface area (TPSA) is 76.1 Å². The van der Waals surface area contributed by atoms with E-state index in [0.717, 1.165) is 34.3 Å². The van der Waals surface area contributed by atoms with E-state index in [1.54, 1.807) is 31.2 Å². The number of unbranched alkanes of at least 4 members (excludes halogenated alkanes) is 5. The van der Waals surface area contributed by atoms with Gasteiger partial charge >= 0.3 is 13.3 Å². The number of carbonyl (C=O) groups excluding carboxylic acids is 1. The number of amides is 1. The van der Waals surface area contributed by atoms with E-state index in [-0.39, 0.29) is 17.7 Å². The number of rotatable bonds is 16. The number of para-hydroxylation sites is 1. The van der Waals surface area contributed by atoms with Crippen LogP contribution >= 0.6 is 7.60 Å². The molecule has 0 fully saturated rings. The SMILES string of the molecule is CCCCCCCCOc1ccc(-c2ccc(C(=O)N(C)c3ccccc3C(F)(F)P(=O)(O)OC(C)CC)cc2)cc1. The third-order valence-corrected chi connectivity index (χ3v) is 8.83. The molecule has 0 aliphatic heterocycles. The Morgan fingerprint density at radius 2 is 1.48 bits per heavy atom. The summed E-state index contributed by atoms with van der Waals surface area (Å²) in [5.74, 6) is 0.261. The third-order valence-electron chi connectivity index (χ3n) is 7.23. The van der Waals surface area contributed by atoms with Crippen molar-refractivity contribution in [2.75, 3.05) is 18.6 Å². The Kier molecular flexibility index (Phi) is 12.3. The molecule has 0 aliphatic rings. The van der Waals surface area contributed by atoms with Gasteiger partial charge < -0.3 is 19.1 Å². The highest BCUT2D eigenvalue weighted by Gasteiger charge is 2.55. The number of benzene rings is 3. The maximum atomic E-state index is 15.3. The highest BCUT2D eigenvalue weighted by Crippen LogP contribution is 2.65. The van der Waals surface area contributed by atoms with E-state index in [0.29, 0.717) is 6.61 Å². The molecule has 2 atom stereocenters. The molecule has 6 nitrogen and oxygen atoms in total. The van der Waals surface area contributed by atoms with Gasteiger partial charge in [-0.2, -0.15) is 8.78 Å². The second kappa shape index (κ2) is 15.4. The van der Waals surface area contributed by atoms with Crippen LogP contribution in [0.15, 0.2) is 72.8 Å². The number of hydrogen-bond donors (Lipinski definition) is 1. The van der Waals surface area contributed by atoms with Crippen molar-refractivity contribution in [2.24, 2.45) is 0 Å². The fourth-order valence-corrected chi connectivity index (χ4v) is 5.74. The molecule has 0 spiro atoms. The summed E-state index contributed by atoms with van der Waals surface area (Å²) in [4.78, 5) is 24.5. The van der Waals surface area contributed by atoms with Crippen molar-refractivity contribution in [1.29, 1.82) is 0 Å². The second-order valence-corrected chi connectivity index (χ2v) is 12.3. The molecule has 0 aromatic heterocycles. The molecule has 9 heteroatoms. The lowest BCUT2D eigenvalue weighted by atomic mass is 10.0. The van der Waals surface area contributed by atoms with Crippen molar-refractivity contribution >= 4 is 19.2 Å². The van der Waals surface area contributed by atoms with Gasteiger partial charge in [0, 0.05) is 12.6 Å². The number of anilines is 1. The van der Waals surface area contributed by atoms with Crippen LogP contribution in [-0.4, -0.2) is 30.6 Å². The Morgan fingerprint density at radius 1 is 0.905 bits per heavy atom. The van der Waals surface area contributed by atoms with Crippen LogP contribution in [0.1, 0.15) is 81.6 Å². The fourth-order valence-electron chi connectivity index (χ4n) is 4.48. The number of ether oxygens (including phenoxy) is 1. The van der Waals surface area contributed by atoms with E-state index < -0.39 is 30.8 Å². The highest BCUT2D eigenvalue weighted by atomic mass is 31.2. The first kappa shape index (κ1) is 33.4. The van der Waals surface area contributed by atoms with Crippen molar-refractivity contribution in [3.63, 3.8) is 0 Å². The third kappa shape index (κ3) is 8.50. The summed E-state index contributed by atoms with van der Waals surface area (Å²) < 4.78 is 54.0. The Bertz CT molecular complexity index is 1330. The molecule has 0 heterocycles. The van der Waals surface area contributed by atoms with Crippen LogP contribution in [0.5, 0.6) is 5.75 Å². The second-order valence-electron chi connectivity index (χ2n) is 10.5. The summed E-state index contributed by atoms with van der Waals surface area (Å²) in [6.45, 7) is 6.00. The summed E-state index contributed by atoms with van der Waals surface area (Å²) in [6, 6.07) is 19.7. The van der Waals surface area contributed by atoms with E-state index in [1.807, 2.05) is 24.3 Å². The first-order valence-electron chi connectivity index (χ1n) is 14.6. The van der Waals surface area contributed by atoms with E-state index in [9.17, 15) is 14.3 Å². The molecule has 2 unspecified atom stereocenters. The van der Waals surface area contributed by atoms with Crippen LogP contribution in [-0.2, 0) is 14.8 Å². The molecular weight excluding hydrogens is 559 g/mol. The van der Waals surface area contributed by atoms with Crippen LogP contribution in [0.4, 0.5) is 14.5 Å². The summed E-state index contributed by atoms with van der Waals surface area (Å²) in [5, 5.41) is 0. The van der Waals surface area contributed by atoms with Gasteiger partial charge in [0.25, 0.3) is 5.91 Å². The lowest BCUT2D eigenvalue weighted by molar-refractivity contribution is 0.0350. The number of hydrogen-bond acceptors (Lipinski definition) is 4. The zero-order chi connectivity index (χ0) is 30.8. The average Bonchev–Trinajstić information content (AvgIpc) is 3.00. The molecule has 42 heavy (non-hydrogen) atoms. The molecule has 0 saturated heterocycles. The monoisotopic (exact) mass is 601 g/mol. The summed E-state index contributed by atoms with van der Waals surface area (Å²) in [7, 11) is -4.04. The first-order chi connectivity index (χ1) is 20.0. The summed E-state index contributed by atoms with van der Waals surface area (Å²) in [6.07, 6.45) is 6.67. The van der Waals surface area contributed by atoms with Crippen molar-refractivity contribution in [3.8, 4) is 16.9 Å². The van der Waals surface area contributed by atoms with Crippen molar-refractivity contribution < 1.29 is 32.3 Å². The van der Waals surface area contributed by atoms with Gasteiger partial charge in [0.1, 0.15) is 5.75 Å². The average molecular weight is 602 g/mol. The molecule has 1 N–H and O–H groups in total. The molecule has 228 valence electrons. The number of carbonyl (C=O) groups is 1. The minimum atomic E-state index is -5.40. The summed E-state index contributed by atoms with van der Waals surface area (Å²) in [5.41, 5.74) is -3.07. The van der Waals surface area contributed by atoms with Crippen LogP contribution in [0.3, 0.4) is 0 Å². The van der Waals surface area contributed by atoms with Crippen LogP contribution in [0.2, 0.25) is 0 Å². The van der Waals surface area contributed by atoms with Gasteiger partial charge in [0.05, 0.1) is 24.0 Å². The first-order valence-corrected chi connectivity index (χ1v) is 16.2. The van der Waals surface area contributed by atoms with Gasteiger partial charge in [-0.15, -0.1) is 0 Å². The smallest absolute Gasteiger partial charge is 0.402 e. The van der Waals surface area contributed by atoms with Gasteiger partial charge in [-0.05, 0) is 61.2 Å². The largest absolute Gasteiger partial charge is 0.494 e. The molecule has 0 radical (unpaired) electrons. The Hall–Kier alpha value is -3.06. The lowest BCUT2D eigenvalue weighted by Gasteiger charge is -2.28. The molecule has 3 aromatic rings. The summed E-state index contributed by atoms with van der Waals surface area (Å²) >= 11 is 0. The predicted molar refractivity (Wildman–Crippen MR) is 164 cm³/mol. The maximum Gasteiger partial charge on any atom is 0.402 e. The molecule has 0 aliphatic carbocycles. The van der Waals surface area contributed by atoms with Gasteiger partial charge in [0.15, 0.2) is 0 Å². The van der Waals surface area contributed by atoms with Crippen molar-refractivity contribution in [2.45, 2.75) is 77.5 Å². The molecule has 0 bridgehead atoms. The number of nitrogens with zero attached hydrogens (tertiary/aromatic N) is 1. The standard InChI is InChI=1S/C33H42F2NO5P/c1-5-7-8-9-10-13-24-40-29-22-20-27(21-23-29)26-16-18-28(19-17-26)32(37)36(4)31-15-12-11-14-30(31)33(34,35)42(38,39)41-25(3)6-2/h11-12,14-23,25H,5-10,13,24H2,1-4H3,(H,38,39). The zero-order valence-corrected chi connectivity index (χ0v) is 25.8. The maximum absolute atomic E-state index is 15.3. The van der Waals surface area contributed by atoms with Gasteiger partial charge in [-0.1, -0.05) is 88.4 Å². The fraction of sp³-hybridized carbons (Fsp3) is 0.424. The van der Waals surface area contributed by atoms with E-state index in [4.69, 9.17) is 9.26 Å². The highest BCUT2D eigenvalue weighted by molar-refractivity contribution is 7.53. The molecule has 3 aromatic carbocycles. The Morgan fingerprint density at radius 3 is 2.10 bits per heavy atom. The molecule has 1 amide bonds.